The van der Waals surface area contributed by atoms with Gasteiger partial charge < -0.3 is 10.1 Å². The van der Waals surface area contributed by atoms with Crippen LogP contribution in [0.2, 0.25) is 0 Å². The Morgan fingerprint density at radius 1 is 1.40 bits per heavy atom. The lowest BCUT2D eigenvalue weighted by molar-refractivity contribution is 0.0808. The molecule has 1 N–H and O–H groups in total. The smallest absolute Gasteiger partial charge is 0.0732 e. The summed E-state index contributed by atoms with van der Waals surface area (Å²) in [6.45, 7) is 0.928. The molecule has 0 aromatic heterocycles. The summed E-state index contributed by atoms with van der Waals surface area (Å²) in [4.78, 5) is 0. The Bertz CT molecular complexity index is 280. The lowest BCUT2D eigenvalue weighted by Gasteiger charge is -2.22. The van der Waals surface area contributed by atoms with Crippen LogP contribution in [0.1, 0.15) is 18.4 Å². The fourth-order valence-corrected chi connectivity index (χ4v) is 2.21. The maximum absolute atomic E-state index is 5.72. The van der Waals surface area contributed by atoms with Gasteiger partial charge in [-0.3, -0.25) is 0 Å². The molecule has 0 spiro atoms. The maximum Gasteiger partial charge on any atom is 0.0732 e. The second kappa shape index (κ2) is 5.29. The number of hydrogen-bond donors (Lipinski definition) is 1. The van der Waals surface area contributed by atoms with Crippen molar-refractivity contribution in [2.75, 3.05) is 13.7 Å². The third kappa shape index (κ3) is 2.80. The van der Waals surface area contributed by atoms with Crippen LogP contribution in [0.4, 0.5) is 0 Å². The first-order chi connectivity index (χ1) is 7.40. The first-order valence-electron chi connectivity index (χ1n) is 5.73. The van der Waals surface area contributed by atoms with Crippen molar-refractivity contribution in [3.63, 3.8) is 0 Å². The van der Waals surface area contributed by atoms with E-state index in [2.05, 4.69) is 35.6 Å². The predicted octanol–water partition coefficient (Wildman–Crippen LogP) is 2.00. The number of ether oxygens (including phenoxy) is 1. The number of rotatable bonds is 4. The molecule has 2 heteroatoms. The lowest BCUT2D eigenvalue weighted by atomic mass is 10.00. The van der Waals surface area contributed by atoms with Gasteiger partial charge in [0.05, 0.1) is 6.10 Å². The van der Waals surface area contributed by atoms with Crippen molar-refractivity contribution in [1.82, 2.24) is 5.32 Å². The number of nitrogens with one attached hydrogen (secondary N) is 1. The van der Waals surface area contributed by atoms with Crippen LogP contribution in [-0.2, 0) is 11.2 Å². The van der Waals surface area contributed by atoms with E-state index in [0.29, 0.717) is 12.1 Å². The second-order valence-electron chi connectivity index (χ2n) is 4.14. The van der Waals surface area contributed by atoms with Gasteiger partial charge in [0.25, 0.3) is 0 Å². The van der Waals surface area contributed by atoms with Crippen molar-refractivity contribution in [3.8, 4) is 0 Å². The standard InChI is InChI=1S/C13H19NO/c1-14-12(13-8-5-9-15-13)10-11-6-3-2-4-7-11/h2-4,6-7,12-14H,5,8-10H2,1H3. The molecule has 1 aliphatic rings. The van der Waals surface area contributed by atoms with Gasteiger partial charge in [-0.25, -0.2) is 0 Å². The van der Waals surface area contributed by atoms with Crippen LogP contribution >= 0.6 is 0 Å². The minimum absolute atomic E-state index is 0.398. The highest BCUT2D eigenvalue weighted by molar-refractivity contribution is 5.16. The van der Waals surface area contributed by atoms with E-state index in [1.54, 1.807) is 0 Å². The van der Waals surface area contributed by atoms with Gasteiger partial charge in [0.15, 0.2) is 0 Å². The van der Waals surface area contributed by atoms with E-state index in [-0.39, 0.29) is 0 Å². The molecule has 82 valence electrons. The predicted molar refractivity (Wildman–Crippen MR) is 62.0 cm³/mol. The fourth-order valence-electron chi connectivity index (χ4n) is 2.21. The van der Waals surface area contributed by atoms with Crippen LogP contribution in [0.5, 0.6) is 0 Å². The largest absolute Gasteiger partial charge is 0.377 e. The molecular weight excluding hydrogens is 186 g/mol. The van der Waals surface area contributed by atoms with E-state index in [4.69, 9.17) is 4.74 Å². The zero-order valence-electron chi connectivity index (χ0n) is 9.28. The van der Waals surface area contributed by atoms with Crippen LogP contribution in [0.15, 0.2) is 30.3 Å². The average molecular weight is 205 g/mol. The van der Waals surface area contributed by atoms with Gasteiger partial charge in [0.2, 0.25) is 0 Å². The summed E-state index contributed by atoms with van der Waals surface area (Å²) < 4.78 is 5.72. The van der Waals surface area contributed by atoms with Gasteiger partial charge >= 0.3 is 0 Å². The zero-order valence-corrected chi connectivity index (χ0v) is 9.28. The molecule has 1 saturated heterocycles. The molecule has 1 fully saturated rings. The highest BCUT2D eigenvalue weighted by Gasteiger charge is 2.24. The molecule has 1 heterocycles. The van der Waals surface area contributed by atoms with Crippen molar-refractivity contribution < 1.29 is 4.74 Å². The van der Waals surface area contributed by atoms with Crippen molar-refractivity contribution >= 4 is 0 Å². The summed E-state index contributed by atoms with van der Waals surface area (Å²) in [7, 11) is 2.02. The van der Waals surface area contributed by atoms with Gasteiger partial charge in [-0.1, -0.05) is 30.3 Å². The third-order valence-corrected chi connectivity index (χ3v) is 3.08. The molecule has 2 nitrogen and oxygen atoms in total. The summed E-state index contributed by atoms with van der Waals surface area (Å²) in [6.07, 6.45) is 3.85. The number of hydrogen-bond acceptors (Lipinski definition) is 2. The van der Waals surface area contributed by atoms with Crippen LogP contribution in [-0.4, -0.2) is 25.8 Å². The Balaban J connectivity index is 1.96. The van der Waals surface area contributed by atoms with Crippen molar-refractivity contribution in [2.24, 2.45) is 0 Å². The van der Waals surface area contributed by atoms with Crippen LogP contribution in [0.25, 0.3) is 0 Å². The molecule has 1 aromatic rings. The average Bonchev–Trinajstić information content (AvgIpc) is 2.81. The molecule has 0 radical (unpaired) electrons. The van der Waals surface area contributed by atoms with E-state index in [1.807, 2.05) is 7.05 Å². The molecule has 0 amide bonds. The van der Waals surface area contributed by atoms with Gasteiger partial charge in [-0.05, 0) is 31.9 Å². The Hall–Kier alpha value is -0.860. The van der Waals surface area contributed by atoms with Crippen molar-refractivity contribution in [1.29, 1.82) is 0 Å². The van der Waals surface area contributed by atoms with Gasteiger partial charge in [-0.2, -0.15) is 0 Å². The third-order valence-electron chi connectivity index (χ3n) is 3.08. The molecule has 1 aromatic carbocycles. The summed E-state index contributed by atoms with van der Waals surface area (Å²) in [5.74, 6) is 0. The molecule has 2 atom stereocenters. The fraction of sp³-hybridized carbons (Fsp3) is 0.538. The first-order valence-corrected chi connectivity index (χ1v) is 5.73. The summed E-state index contributed by atoms with van der Waals surface area (Å²) >= 11 is 0. The molecule has 2 rings (SSSR count). The molecule has 0 aliphatic carbocycles. The second-order valence-corrected chi connectivity index (χ2v) is 4.14. The first kappa shape index (κ1) is 10.7. The van der Waals surface area contributed by atoms with Crippen molar-refractivity contribution in [2.45, 2.75) is 31.4 Å². The van der Waals surface area contributed by atoms with Gasteiger partial charge in [0.1, 0.15) is 0 Å². The van der Waals surface area contributed by atoms with E-state index < -0.39 is 0 Å². The molecule has 0 saturated carbocycles. The minimum Gasteiger partial charge on any atom is -0.377 e. The van der Waals surface area contributed by atoms with Gasteiger partial charge in [-0.15, -0.1) is 0 Å². The van der Waals surface area contributed by atoms with Crippen molar-refractivity contribution in [3.05, 3.63) is 35.9 Å². The molecular formula is C13H19NO. The van der Waals surface area contributed by atoms with Crippen LogP contribution in [0, 0.1) is 0 Å². The summed E-state index contributed by atoms with van der Waals surface area (Å²) in [6, 6.07) is 11.1. The molecule has 1 aliphatic heterocycles. The van der Waals surface area contributed by atoms with E-state index in [0.717, 1.165) is 13.0 Å². The quantitative estimate of drug-likeness (QED) is 0.811. The Kier molecular flexibility index (Phi) is 3.75. The molecule has 2 unspecified atom stereocenters. The number of likely N-dealkylation sites (N-methyl/N-ethyl adjacent to an activating group) is 1. The van der Waals surface area contributed by atoms with Crippen LogP contribution < -0.4 is 5.32 Å². The highest BCUT2D eigenvalue weighted by atomic mass is 16.5. The van der Waals surface area contributed by atoms with Gasteiger partial charge in [0, 0.05) is 12.6 Å². The highest BCUT2D eigenvalue weighted by Crippen LogP contribution is 2.18. The van der Waals surface area contributed by atoms with E-state index in [9.17, 15) is 0 Å². The van der Waals surface area contributed by atoms with E-state index >= 15 is 0 Å². The topological polar surface area (TPSA) is 21.3 Å². The summed E-state index contributed by atoms with van der Waals surface area (Å²) in [5, 5.41) is 3.37. The Labute approximate surface area is 91.6 Å². The zero-order chi connectivity index (χ0) is 10.5. The molecule has 0 bridgehead atoms. The van der Waals surface area contributed by atoms with Crippen LogP contribution in [0.3, 0.4) is 0 Å². The minimum atomic E-state index is 0.398. The maximum atomic E-state index is 5.72. The molecule has 15 heavy (non-hydrogen) atoms. The monoisotopic (exact) mass is 205 g/mol. The SMILES string of the molecule is CNC(Cc1ccccc1)C1CCCO1. The normalized spacial score (nSPS) is 22.9. The lowest BCUT2D eigenvalue weighted by Crippen LogP contribution is -2.39. The Morgan fingerprint density at radius 3 is 2.80 bits per heavy atom. The Morgan fingerprint density at radius 2 is 2.20 bits per heavy atom. The summed E-state index contributed by atoms with van der Waals surface area (Å²) in [5.41, 5.74) is 1.38. The number of benzene rings is 1. The van der Waals surface area contributed by atoms with E-state index in [1.165, 1.54) is 18.4 Å².